The van der Waals surface area contributed by atoms with E-state index in [1.54, 1.807) is 0 Å². The molecule has 1 spiro atoms. The highest BCUT2D eigenvalue weighted by Crippen LogP contribution is 2.28. The van der Waals surface area contributed by atoms with Crippen LogP contribution in [0.2, 0.25) is 0 Å². The Hall–Kier alpha value is -1.14. The third-order valence-electron chi connectivity index (χ3n) is 3.41. The zero-order valence-electron chi connectivity index (χ0n) is 9.40. The van der Waals surface area contributed by atoms with Gasteiger partial charge in [-0.05, 0) is 19.9 Å². The predicted molar refractivity (Wildman–Crippen MR) is 56.8 cm³/mol. The molecule has 0 aromatic carbocycles. The average molecular weight is 227 g/mol. The summed E-state index contributed by atoms with van der Waals surface area (Å²) in [6.45, 7) is 1.51. The number of aliphatic hydroxyl groups is 1. The van der Waals surface area contributed by atoms with Crippen molar-refractivity contribution in [2.75, 3.05) is 33.3 Å². The molecule has 2 rings (SSSR count). The number of hydrogen-bond acceptors (Lipinski definition) is 4. The van der Waals surface area contributed by atoms with Crippen molar-refractivity contribution in [2.45, 2.75) is 18.4 Å². The quantitative estimate of drug-likeness (QED) is 0.593. The van der Waals surface area contributed by atoms with E-state index in [9.17, 15) is 9.59 Å². The van der Waals surface area contributed by atoms with E-state index in [1.165, 1.54) is 0 Å². The van der Waals surface area contributed by atoms with Crippen molar-refractivity contribution in [1.82, 2.24) is 15.1 Å². The second kappa shape index (κ2) is 4.03. The minimum Gasteiger partial charge on any atom is -0.395 e. The summed E-state index contributed by atoms with van der Waals surface area (Å²) in [5, 5.41) is 11.6. The van der Waals surface area contributed by atoms with Crippen LogP contribution < -0.4 is 5.32 Å². The number of carbonyl (C=O) groups is 2. The van der Waals surface area contributed by atoms with Gasteiger partial charge in [0.2, 0.25) is 0 Å². The van der Waals surface area contributed by atoms with Gasteiger partial charge in [-0.25, -0.2) is 4.79 Å². The average Bonchev–Trinajstić information content (AvgIpc) is 2.49. The second-order valence-electron chi connectivity index (χ2n) is 4.50. The number of β-amino-alcohol motifs (C(OH)–C–C–N with tert-alkyl or cyclic N) is 1. The van der Waals surface area contributed by atoms with Crippen LogP contribution in [0.1, 0.15) is 12.8 Å². The summed E-state index contributed by atoms with van der Waals surface area (Å²) >= 11 is 0. The van der Waals surface area contributed by atoms with E-state index in [-0.39, 0.29) is 25.1 Å². The van der Waals surface area contributed by atoms with Crippen LogP contribution in [-0.4, -0.2) is 65.7 Å². The smallest absolute Gasteiger partial charge is 0.325 e. The van der Waals surface area contributed by atoms with Crippen LogP contribution in [0.25, 0.3) is 0 Å². The molecule has 6 heteroatoms. The Bertz CT molecular complexity index is 310. The van der Waals surface area contributed by atoms with E-state index in [4.69, 9.17) is 5.11 Å². The molecule has 0 aliphatic carbocycles. The minimum atomic E-state index is -0.710. The van der Waals surface area contributed by atoms with Gasteiger partial charge in [-0.15, -0.1) is 0 Å². The summed E-state index contributed by atoms with van der Waals surface area (Å²) in [6.07, 6.45) is 1.30. The molecule has 90 valence electrons. The highest BCUT2D eigenvalue weighted by Gasteiger charge is 2.51. The number of nitrogens with zero attached hydrogens (tertiary/aromatic N) is 2. The van der Waals surface area contributed by atoms with E-state index < -0.39 is 5.54 Å². The Morgan fingerprint density at radius 3 is 2.56 bits per heavy atom. The summed E-state index contributed by atoms with van der Waals surface area (Å²) < 4.78 is 0. The summed E-state index contributed by atoms with van der Waals surface area (Å²) in [5.41, 5.74) is -0.710. The molecule has 2 N–H and O–H groups in total. The first-order valence-corrected chi connectivity index (χ1v) is 5.52. The molecular formula is C10H17N3O3. The molecule has 0 aromatic heterocycles. The first-order valence-electron chi connectivity index (χ1n) is 5.52. The van der Waals surface area contributed by atoms with Crippen molar-refractivity contribution in [1.29, 1.82) is 0 Å². The number of amides is 3. The van der Waals surface area contributed by atoms with Crippen LogP contribution in [0.5, 0.6) is 0 Å². The van der Waals surface area contributed by atoms with E-state index in [0.717, 1.165) is 18.0 Å². The zero-order chi connectivity index (χ0) is 11.8. The Labute approximate surface area is 94.2 Å². The van der Waals surface area contributed by atoms with Gasteiger partial charge in [-0.1, -0.05) is 0 Å². The molecule has 0 aromatic rings. The zero-order valence-corrected chi connectivity index (χ0v) is 9.40. The molecule has 3 amide bonds. The second-order valence-corrected chi connectivity index (χ2v) is 4.50. The monoisotopic (exact) mass is 227 g/mol. The Morgan fingerprint density at radius 1 is 1.38 bits per heavy atom. The number of nitrogens with one attached hydrogen (secondary N) is 1. The molecule has 16 heavy (non-hydrogen) atoms. The SMILES string of the molecule is CN1CCC2(CC1)NC(=O)N(CCO)C2=O. The van der Waals surface area contributed by atoms with Gasteiger partial charge in [-0.2, -0.15) is 0 Å². The lowest BCUT2D eigenvalue weighted by molar-refractivity contribution is -0.133. The number of carbonyl (C=O) groups excluding carboxylic acids is 2. The summed E-state index contributed by atoms with van der Waals surface area (Å²) in [7, 11) is 2.00. The predicted octanol–water partition coefficient (Wildman–Crippen LogP) is -1.01. The Kier molecular flexibility index (Phi) is 2.86. The van der Waals surface area contributed by atoms with Crippen LogP contribution in [-0.2, 0) is 4.79 Å². The van der Waals surface area contributed by atoms with E-state index in [2.05, 4.69) is 10.2 Å². The maximum absolute atomic E-state index is 12.1. The van der Waals surface area contributed by atoms with Crippen LogP contribution >= 0.6 is 0 Å². The van der Waals surface area contributed by atoms with Crippen molar-refractivity contribution in [2.24, 2.45) is 0 Å². The van der Waals surface area contributed by atoms with Crippen molar-refractivity contribution in [3.05, 3.63) is 0 Å². The van der Waals surface area contributed by atoms with Crippen LogP contribution in [0.3, 0.4) is 0 Å². The molecular weight excluding hydrogens is 210 g/mol. The van der Waals surface area contributed by atoms with Gasteiger partial charge < -0.3 is 15.3 Å². The molecule has 0 bridgehead atoms. The number of likely N-dealkylation sites (tertiary alicyclic amines) is 1. The number of imide groups is 1. The van der Waals surface area contributed by atoms with E-state index in [1.807, 2.05) is 7.05 Å². The van der Waals surface area contributed by atoms with Gasteiger partial charge in [0.05, 0.1) is 13.2 Å². The normalized spacial score (nSPS) is 25.2. The number of hydrogen-bond donors (Lipinski definition) is 2. The number of aliphatic hydroxyl groups excluding tert-OH is 1. The first kappa shape index (κ1) is 11.3. The number of rotatable bonds is 2. The number of urea groups is 1. The van der Waals surface area contributed by atoms with Crippen LogP contribution in [0, 0.1) is 0 Å². The summed E-state index contributed by atoms with van der Waals surface area (Å²) in [5.74, 6) is -0.181. The fraction of sp³-hybridized carbons (Fsp3) is 0.800. The molecule has 0 atom stereocenters. The van der Waals surface area contributed by atoms with Crippen LogP contribution in [0.15, 0.2) is 0 Å². The van der Waals surface area contributed by atoms with Crippen molar-refractivity contribution < 1.29 is 14.7 Å². The lowest BCUT2D eigenvalue weighted by Crippen LogP contribution is -2.54. The molecule has 2 heterocycles. The highest BCUT2D eigenvalue weighted by atomic mass is 16.3. The van der Waals surface area contributed by atoms with Gasteiger partial charge >= 0.3 is 6.03 Å². The molecule has 0 saturated carbocycles. The molecule has 2 fully saturated rings. The molecule has 2 aliphatic rings. The van der Waals surface area contributed by atoms with Crippen molar-refractivity contribution in [3.8, 4) is 0 Å². The fourth-order valence-corrected chi connectivity index (χ4v) is 2.32. The summed E-state index contributed by atoms with van der Waals surface area (Å²) in [6, 6.07) is -0.372. The van der Waals surface area contributed by atoms with E-state index in [0.29, 0.717) is 12.8 Å². The molecule has 2 saturated heterocycles. The lowest BCUT2D eigenvalue weighted by atomic mass is 9.88. The molecule has 6 nitrogen and oxygen atoms in total. The van der Waals surface area contributed by atoms with Gasteiger partial charge in [0.25, 0.3) is 5.91 Å². The van der Waals surface area contributed by atoms with Gasteiger partial charge in [0.1, 0.15) is 5.54 Å². The number of piperidine rings is 1. The van der Waals surface area contributed by atoms with Gasteiger partial charge in [0, 0.05) is 13.1 Å². The lowest BCUT2D eigenvalue weighted by Gasteiger charge is -2.35. The standard InChI is InChI=1S/C10H17N3O3/c1-12-4-2-10(3-5-12)8(15)13(6-7-14)9(16)11-10/h14H,2-7H2,1H3,(H,11,16). The fourth-order valence-electron chi connectivity index (χ4n) is 2.32. The first-order chi connectivity index (χ1) is 7.59. The molecule has 0 radical (unpaired) electrons. The Morgan fingerprint density at radius 2 is 2.00 bits per heavy atom. The van der Waals surface area contributed by atoms with Crippen molar-refractivity contribution in [3.63, 3.8) is 0 Å². The van der Waals surface area contributed by atoms with Crippen molar-refractivity contribution >= 4 is 11.9 Å². The third kappa shape index (κ3) is 1.68. The van der Waals surface area contributed by atoms with E-state index >= 15 is 0 Å². The maximum atomic E-state index is 12.1. The Balaban J connectivity index is 2.13. The minimum absolute atomic E-state index is 0.0856. The van der Waals surface area contributed by atoms with Gasteiger partial charge in [-0.3, -0.25) is 9.69 Å². The largest absolute Gasteiger partial charge is 0.395 e. The molecule has 0 unspecified atom stereocenters. The highest BCUT2D eigenvalue weighted by molar-refractivity contribution is 6.07. The summed E-state index contributed by atoms with van der Waals surface area (Å²) in [4.78, 5) is 27.0. The van der Waals surface area contributed by atoms with Gasteiger partial charge in [0.15, 0.2) is 0 Å². The van der Waals surface area contributed by atoms with Crippen LogP contribution in [0.4, 0.5) is 4.79 Å². The third-order valence-corrected chi connectivity index (χ3v) is 3.41. The topological polar surface area (TPSA) is 72.9 Å². The molecule has 2 aliphatic heterocycles. The maximum Gasteiger partial charge on any atom is 0.325 e.